The number of aromatic nitrogens is 1. The summed E-state index contributed by atoms with van der Waals surface area (Å²) in [5.41, 5.74) is 3.04. The first-order valence-electron chi connectivity index (χ1n) is 7.72. The second-order valence-corrected chi connectivity index (χ2v) is 6.68. The summed E-state index contributed by atoms with van der Waals surface area (Å²) in [7, 11) is 0. The zero-order valence-corrected chi connectivity index (χ0v) is 12.7. The van der Waals surface area contributed by atoms with Crippen molar-refractivity contribution < 1.29 is 0 Å². The Labute approximate surface area is 118 Å². The van der Waals surface area contributed by atoms with Crippen LogP contribution in [0.1, 0.15) is 57.2 Å². The molecule has 0 aromatic carbocycles. The first kappa shape index (κ1) is 14.5. The lowest BCUT2D eigenvalue weighted by Crippen LogP contribution is -2.33. The molecule has 0 unspecified atom stereocenters. The highest BCUT2D eigenvalue weighted by atomic mass is 14.9. The Kier molecular flexibility index (Phi) is 4.98. The predicted octanol–water partition coefficient (Wildman–Crippen LogP) is 4.09. The Bertz CT molecular complexity index is 392. The number of aryl methyl sites for hydroxylation is 1. The highest BCUT2D eigenvalue weighted by Gasteiger charge is 2.33. The lowest BCUT2D eigenvalue weighted by molar-refractivity contribution is 0.223. The molecule has 0 saturated heterocycles. The van der Waals surface area contributed by atoms with Crippen molar-refractivity contribution in [2.75, 3.05) is 6.54 Å². The van der Waals surface area contributed by atoms with Crippen molar-refractivity contribution in [2.24, 2.45) is 11.3 Å². The molecular formula is C17H28N2. The van der Waals surface area contributed by atoms with Crippen LogP contribution >= 0.6 is 0 Å². The van der Waals surface area contributed by atoms with Gasteiger partial charge in [-0.2, -0.15) is 0 Å². The molecule has 0 spiro atoms. The highest BCUT2D eigenvalue weighted by molar-refractivity contribution is 5.17. The molecule has 1 aliphatic rings. The van der Waals surface area contributed by atoms with Gasteiger partial charge in [0, 0.05) is 19.3 Å². The summed E-state index contributed by atoms with van der Waals surface area (Å²) in [6, 6.07) is 4.15. The summed E-state index contributed by atoms with van der Waals surface area (Å²) < 4.78 is 0. The number of pyridine rings is 1. The van der Waals surface area contributed by atoms with Gasteiger partial charge < -0.3 is 5.32 Å². The maximum Gasteiger partial charge on any atom is 0.0570 e. The van der Waals surface area contributed by atoms with E-state index in [1.54, 1.807) is 0 Å². The molecule has 0 aliphatic heterocycles. The summed E-state index contributed by atoms with van der Waals surface area (Å²) in [6.07, 6.45) is 8.89. The number of nitrogens with one attached hydrogen (secondary N) is 1. The van der Waals surface area contributed by atoms with Gasteiger partial charge in [0.25, 0.3) is 0 Å². The van der Waals surface area contributed by atoms with E-state index >= 15 is 0 Å². The predicted molar refractivity (Wildman–Crippen MR) is 81.0 cm³/mol. The molecule has 19 heavy (non-hydrogen) atoms. The molecule has 0 radical (unpaired) electrons. The Morgan fingerprint density at radius 2 is 2.05 bits per heavy atom. The average Bonchev–Trinajstić information content (AvgIpc) is 2.79. The van der Waals surface area contributed by atoms with E-state index in [-0.39, 0.29) is 0 Å². The highest BCUT2D eigenvalue weighted by Crippen LogP contribution is 2.42. The molecule has 0 atom stereocenters. The molecular weight excluding hydrogens is 232 g/mol. The quantitative estimate of drug-likeness (QED) is 0.833. The summed E-state index contributed by atoms with van der Waals surface area (Å²) in [5, 5.41) is 3.67. The van der Waals surface area contributed by atoms with Gasteiger partial charge in [-0.1, -0.05) is 32.8 Å². The Morgan fingerprint density at radius 3 is 2.68 bits per heavy atom. The van der Waals surface area contributed by atoms with Gasteiger partial charge in [0.1, 0.15) is 0 Å². The SMILES string of the molecule is Cc1cccnc1CNCC1(CC(C)C)CCCC1. The van der Waals surface area contributed by atoms with E-state index in [4.69, 9.17) is 0 Å². The Balaban J connectivity index is 1.88. The van der Waals surface area contributed by atoms with Crippen LogP contribution in [-0.4, -0.2) is 11.5 Å². The second kappa shape index (κ2) is 6.51. The summed E-state index contributed by atoms with van der Waals surface area (Å²) in [4.78, 5) is 4.46. The van der Waals surface area contributed by atoms with Gasteiger partial charge in [-0.3, -0.25) is 4.98 Å². The third kappa shape index (κ3) is 4.04. The Hall–Kier alpha value is -0.890. The van der Waals surface area contributed by atoms with Crippen molar-refractivity contribution in [1.29, 1.82) is 0 Å². The van der Waals surface area contributed by atoms with Crippen molar-refractivity contribution in [1.82, 2.24) is 10.3 Å². The maximum absolute atomic E-state index is 4.46. The van der Waals surface area contributed by atoms with Crippen LogP contribution in [0.25, 0.3) is 0 Å². The molecule has 2 rings (SSSR count). The van der Waals surface area contributed by atoms with Crippen molar-refractivity contribution in [3.63, 3.8) is 0 Å². The van der Waals surface area contributed by atoms with Gasteiger partial charge in [0.05, 0.1) is 5.69 Å². The van der Waals surface area contributed by atoms with Crippen molar-refractivity contribution in [3.8, 4) is 0 Å². The molecule has 1 aliphatic carbocycles. The minimum atomic E-state index is 0.552. The number of nitrogens with zero attached hydrogens (tertiary/aromatic N) is 1. The molecule has 1 N–H and O–H groups in total. The minimum absolute atomic E-state index is 0.552. The summed E-state index contributed by atoms with van der Waals surface area (Å²) in [6.45, 7) is 8.91. The van der Waals surface area contributed by atoms with Crippen LogP contribution in [0.4, 0.5) is 0 Å². The lowest BCUT2D eigenvalue weighted by Gasteiger charge is -2.31. The van der Waals surface area contributed by atoms with Crippen LogP contribution in [0.5, 0.6) is 0 Å². The van der Waals surface area contributed by atoms with Gasteiger partial charge >= 0.3 is 0 Å². The van der Waals surface area contributed by atoms with E-state index in [1.165, 1.54) is 43.4 Å². The molecule has 2 heteroatoms. The van der Waals surface area contributed by atoms with Crippen LogP contribution in [0.15, 0.2) is 18.3 Å². The monoisotopic (exact) mass is 260 g/mol. The number of hydrogen-bond acceptors (Lipinski definition) is 2. The molecule has 106 valence electrons. The van der Waals surface area contributed by atoms with Crippen LogP contribution in [0.3, 0.4) is 0 Å². The zero-order valence-electron chi connectivity index (χ0n) is 12.7. The number of rotatable bonds is 6. The third-order valence-electron chi connectivity index (χ3n) is 4.42. The average molecular weight is 260 g/mol. The fourth-order valence-corrected chi connectivity index (χ4v) is 3.59. The molecule has 1 aromatic heterocycles. The van der Waals surface area contributed by atoms with Gasteiger partial charge in [-0.05, 0) is 49.1 Å². The molecule has 1 fully saturated rings. The van der Waals surface area contributed by atoms with Crippen LogP contribution in [0, 0.1) is 18.3 Å². The fraction of sp³-hybridized carbons (Fsp3) is 0.706. The van der Waals surface area contributed by atoms with Crippen LogP contribution in [-0.2, 0) is 6.54 Å². The lowest BCUT2D eigenvalue weighted by atomic mass is 9.78. The second-order valence-electron chi connectivity index (χ2n) is 6.68. The van der Waals surface area contributed by atoms with Gasteiger partial charge in [0.15, 0.2) is 0 Å². The minimum Gasteiger partial charge on any atom is -0.311 e. The van der Waals surface area contributed by atoms with Gasteiger partial charge in [-0.15, -0.1) is 0 Å². The molecule has 1 heterocycles. The van der Waals surface area contributed by atoms with Crippen molar-refractivity contribution in [3.05, 3.63) is 29.6 Å². The fourth-order valence-electron chi connectivity index (χ4n) is 3.59. The normalized spacial score (nSPS) is 18.1. The molecule has 0 bridgehead atoms. The van der Waals surface area contributed by atoms with E-state index < -0.39 is 0 Å². The third-order valence-corrected chi connectivity index (χ3v) is 4.42. The van der Waals surface area contributed by atoms with Crippen molar-refractivity contribution >= 4 is 0 Å². The molecule has 1 saturated carbocycles. The smallest absolute Gasteiger partial charge is 0.0570 e. The van der Waals surface area contributed by atoms with E-state index in [2.05, 4.69) is 37.1 Å². The zero-order chi connectivity index (χ0) is 13.7. The topological polar surface area (TPSA) is 24.9 Å². The number of hydrogen-bond donors (Lipinski definition) is 1. The van der Waals surface area contributed by atoms with E-state index in [0.29, 0.717) is 5.41 Å². The van der Waals surface area contributed by atoms with Crippen LogP contribution < -0.4 is 5.32 Å². The maximum atomic E-state index is 4.46. The summed E-state index contributed by atoms with van der Waals surface area (Å²) >= 11 is 0. The Morgan fingerprint density at radius 1 is 1.32 bits per heavy atom. The first-order chi connectivity index (χ1) is 9.11. The summed E-state index contributed by atoms with van der Waals surface area (Å²) in [5.74, 6) is 0.802. The molecule has 2 nitrogen and oxygen atoms in total. The first-order valence-corrected chi connectivity index (χ1v) is 7.72. The van der Waals surface area contributed by atoms with E-state index in [1.807, 2.05) is 12.3 Å². The van der Waals surface area contributed by atoms with Gasteiger partial charge in [-0.25, -0.2) is 0 Å². The largest absolute Gasteiger partial charge is 0.311 e. The van der Waals surface area contributed by atoms with E-state index in [0.717, 1.165) is 19.0 Å². The standard InChI is InChI=1S/C17H28N2/c1-14(2)11-17(8-4-5-9-17)13-18-12-16-15(3)7-6-10-19-16/h6-7,10,14,18H,4-5,8-9,11-13H2,1-3H3. The van der Waals surface area contributed by atoms with Crippen LogP contribution in [0.2, 0.25) is 0 Å². The van der Waals surface area contributed by atoms with E-state index in [9.17, 15) is 0 Å². The van der Waals surface area contributed by atoms with Gasteiger partial charge in [0.2, 0.25) is 0 Å². The molecule has 1 aromatic rings. The van der Waals surface area contributed by atoms with Crippen molar-refractivity contribution in [2.45, 2.75) is 59.4 Å². The molecule has 0 amide bonds.